The van der Waals surface area contributed by atoms with Crippen LogP contribution in [0.1, 0.15) is 65.7 Å². The lowest BCUT2D eigenvalue weighted by Gasteiger charge is -2.27. The molecule has 0 aliphatic carbocycles. The van der Waals surface area contributed by atoms with E-state index in [2.05, 4.69) is 10.6 Å². The second-order valence-corrected chi connectivity index (χ2v) is 9.52. The molecule has 0 bridgehead atoms. The number of amides is 5. The van der Waals surface area contributed by atoms with Crippen LogP contribution in [0, 0.1) is 0 Å². The average Bonchev–Trinajstić information content (AvgIpc) is 3.03. The second-order valence-electron chi connectivity index (χ2n) is 7.98. The Hall–Kier alpha value is -3.41. The lowest BCUT2D eigenvalue weighted by molar-refractivity contribution is -0.138. The van der Waals surface area contributed by atoms with Crippen molar-refractivity contribution < 1.29 is 38.1 Å². The van der Waals surface area contributed by atoms with Crippen LogP contribution in [0.5, 0.6) is 0 Å². The van der Waals surface area contributed by atoms with E-state index in [1.165, 1.54) is 18.2 Å². The van der Waals surface area contributed by atoms with Gasteiger partial charge in [-0.25, -0.2) is 0 Å². The molecule has 5 amide bonds. The summed E-state index contributed by atoms with van der Waals surface area (Å²) in [4.78, 5) is 72.7. The Kier molecular flexibility index (Phi) is 8.26. The molecule has 0 aromatic heterocycles. The van der Waals surface area contributed by atoms with Gasteiger partial charge in [0, 0.05) is 25.1 Å². The highest BCUT2D eigenvalue weighted by Gasteiger charge is 2.46. The molecule has 1 aromatic rings. The Bertz CT molecular complexity index is 1070. The van der Waals surface area contributed by atoms with E-state index in [1.807, 2.05) is 0 Å². The SMILES string of the molecule is O=C(O)CCNC(=O)CCCCCS(=O)c1cccc2c1C(=O)N(C1CCC(=O)NC1=O)C2=O. The Morgan fingerprint density at radius 3 is 2.56 bits per heavy atom. The Labute approximate surface area is 197 Å². The van der Waals surface area contributed by atoms with Crippen LogP contribution in [0.15, 0.2) is 23.1 Å². The molecule has 2 heterocycles. The van der Waals surface area contributed by atoms with Crippen molar-refractivity contribution in [2.45, 2.75) is 55.9 Å². The number of aliphatic carboxylic acids is 1. The van der Waals surface area contributed by atoms with Crippen molar-refractivity contribution in [3.63, 3.8) is 0 Å². The molecule has 2 atom stereocenters. The van der Waals surface area contributed by atoms with Crippen molar-refractivity contribution in [3.05, 3.63) is 29.3 Å². The highest BCUT2D eigenvalue weighted by molar-refractivity contribution is 7.85. The molecule has 0 saturated carbocycles. The quantitative estimate of drug-likeness (QED) is 0.294. The van der Waals surface area contributed by atoms with Crippen LogP contribution in [-0.4, -0.2) is 68.1 Å². The summed E-state index contributed by atoms with van der Waals surface area (Å²) in [5.41, 5.74) is 0.104. The fourth-order valence-electron chi connectivity index (χ4n) is 3.88. The molecule has 2 aliphatic rings. The van der Waals surface area contributed by atoms with Crippen LogP contribution in [0.3, 0.4) is 0 Å². The normalized spacial score (nSPS) is 18.5. The number of carboxylic acid groups (broad SMARTS) is 1. The van der Waals surface area contributed by atoms with E-state index in [0.717, 1.165) is 4.90 Å². The lowest BCUT2D eigenvalue weighted by Crippen LogP contribution is -2.54. The minimum Gasteiger partial charge on any atom is -0.481 e. The van der Waals surface area contributed by atoms with Crippen molar-refractivity contribution in [2.75, 3.05) is 12.3 Å². The minimum absolute atomic E-state index is 0.0141. The number of rotatable bonds is 11. The number of carboxylic acids is 1. The molecule has 0 radical (unpaired) electrons. The van der Waals surface area contributed by atoms with Crippen molar-refractivity contribution in [3.8, 4) is 0 Å². The van der Waals surface area contributed by atoms with Crippen molar-refractivity contribution in [1.29, 1.82) is 0 Å². The summed E-state index contributed by atoms with van der Waals surface area (Å²) in [6, 6.07) is 3.41. The van der Waals surface area contributed by atoms with Crippen LogP contribution in [0.2, 0.25) is 0 Å². The average molecular weight is 492 g/mol. The second kappa shape index (κ2) is 11.1. The molecular weight excluding hydrogens is 466 g/mol. The van der Waals surface area contributed by atoms with E-state index in [0.29, 0.717) is 19.3 Å². The maximum Gasteiger partial charge on any atom is 0.305 e. The molecule has 182 valence electrons. The molecule has 2 unspecified atom stereocenters. The monoisotopic (exact) mass is 491 g/mol. The Morgan fingerprint density at radius 1 is 1.09 bits per heavy atom. The molecule has 3 rings (SSSR count). The van der Waals surface area contributed by atoms with Gasteiger partial charge in [0.15, 0.2) is 0 Å². The minimum atomic E-state index is -1.58. The van der Waals surface area contributed by atoms with E-state index in [9.17, 15) is 33.0 Å². The molecule has 3 N–H and O–H groups in total. The van der Waals surface area contributed by atoms with E-state index < -0.39 is 46.4 Å². The first-order chi connectivity index (χ1) is 16.2. The third-order valence-electron chi connectivity index (χ3n) is 5.57. The standard InChI is InChI=1S/C22H25N3O8S/c26-16(23-11-10-18(28)29)7-2-1-3-12-34(33)15-6-4-5-13-19(15)22(32)25(21(13)31)14-8-9-17(27)24-20(14)30/h4-6,14H,1-3,7-12H2,(H,23,26)(H,28,29)(H,24,27,30). The number of nitrogens with zero attached hydrogens (tertiary/aromatic N) is 1. The van der Waals surface area contributed by atoms with Crippen molar-refractivity contribution in [1.82, 2.24) is 15.5 Å². The number of benzene rings is 1. The first-order valence-electron chi connectivity index (χ1n) is 10.9. The van der Waals surface area contributed by atoms with E-state index in [4.69, 9.17) is 5.11 Å². The van der Waals surface area contributed by atoms with Gasteiger partial charge in [0.1, 0.15) is 6.04 Å². The molecular formula is C22H25N3O8S. The van der Waals surface area contributed by atoms with Gasteiger partial charge in [-0.05, 0) is 31.4 Å². The van der Waals surface area contributed by atoms with E-state index >= 15 is 0 Å². The summed E-state index contributed by atoms with van der Waals surface area (Å²) in [7, 11) is -1.58. The van der Waals surface area contributed by atoms with Gasteiger partial charge in [0.2, 0.25) is 17.7 Å². The number of carbonyl (C=O) groups excluding carboxylic acids is 5. The zero-order chi connectivity index (χ0) is 24.8. The van der Waals surface area contributed by atoms with Crippen LogP contribution < -0.4 is 10.6 Å². The Morgan fingerprint density at radius 2 is 1.85 bits per heavy atom. The number of imide groups is 2. The van der Waals surface area contributed by atoms with Gasteiger partial charge in [-0.3, -0.25) is 43.2 Å². The number of unbranched alkanes of at least 4 members (excludes halogenated alkanes) is 2. The summed E-state index contributed by atoms with van der Waals surface area (Å²) in [5, 5.41) is 13.2. The highest BCUT2D eigenvalue weighted by atomic mass is 32.2. The van der Waals surface area contributed by atoms with E-state index in [-0.39, 0.29) is 59.9 Å². The first-order valence-corrected chi connectivity index (χ1v) is 12.2. The van der Waals surface area contributed by atoms with Crippen molar-refractivity contribution in [2.24, 2.45) is 0 Å². The summed E-state index contributed by atoms with van der Waals surface area (Å²) in [6.45, 7) is 0.0693. The topological polar surface area (TPSA) is 167 Å². The largest absolute Gasteiger partial charge is 0.481 e. The zero-order valence-electron chi connectivity index (χ0n) is 18.3. The highest BCUT2D eigenvalue weighted by Crippen LogP contribution is 2.31. The van der Waals surface area contributed by atoms with Gasteiger partial charge in [0.25, 0.3) is 11.8 Å². The molecule has 0 spiro atoms. The maximum absolute atomic E-state index is 13.1. The predicted molar refractivity (Wildman–Crippen MR) is 118 cm³/mol. The van der Waals surface area contributed by atoms with Gasteiger partial charge in [-0.2, -0.15) is 0 Å². The van der Waals surface area contributed by atoms with Crippen LogP contribution in [0.25, 0.3) is 0 Å². The molecule has 12 heteroatoms. The molecule has 1 aromatic carbocycles. The number of hydrogen-bond acceptors (Lipinski definition) is 7. The van der Waals surface area contributed by atoms with Gasteiger partial charge < -0.3 is 10.4 Å². The number of carbonyl (C=O) groups is 6. The number of fused-ring (bicyclic) bond motifs is 1. The molecule has 1 fully saturated rings. The number of piperidine rings is 1. The van der Waals surface area contributed by atoms with E-state index in [1.54, 1.807) is 0 Å². The van der Waals surface area contributed by atoms with Crippen molar-refractivity contribution >= 4 is 46.3 Å². The van der Waals surface area contributed by atoms with Gasteiger partial charge in [-0.1, -0.05) is 12.5 Å². The third-order valence-corrected chi connectivity index (χ3v) is 7.06. The van der Waals surface area contributed by atoms with Gasteiger partial charge in [-0.15, -0.1) is 0 Å². The lowest BCUT2D eigenvalue weighted by atomic mass is 10.0. The molecule has 34 heavy (non-hydrogen) atoms. The molecule has 11 nitrogen and oxygen atoms in total. The summed E-state index contributed by atoms with van der Waals surface area (Å²) < 4.78 is 12.9. The fourth-order valence-corrected chi connectivity index (χ4v) is 5.22. The van der Waals surface area contributed by atoms with Crippen LogP contribution >= 0.6 is 0 Å². The maximum atomic E-state index is 13.1. The smallest absolute Gasteiger partial charge is 0.305 e. The summed E-state index contributed by atoms with van der Waals surface area (Å²) in [5.74, 6) is -3.54. The van der Waals surface area contributed by atoms with Gasteiger partial charge in [0.05, 0.1) is 33.2 Å². The third kappa shape index (κ3) is 5.74. The summed E-state index contributed by atoms with van der Waals surface area (Å²) >= 11 is 0. The number of hydrogen-bond donors (Lipinski definition) is 3. The first kappa shape index (κ1) is 25.2. The Balaban J connectivity index is 1.56. The van der Waals surface area contributed by atoms with Gasteiger partial charge >= 0.3 is 5.97 Å². The number of nitrogens with one attached hydrogen (secondary N) is 2. The summed E-state index contributed by atoms with van der Waals surface area (Å²) in [6.07, 6.45) is 1.78. The van der Waals surface area contributed by atoms with Crippen LogP contribution in [0.4, 0.5) is 0 Å². The fraction of sp³-hybridized carbons (Fsp3) is 0.455. The predicted octanol–water partition coefficient (Wildman–Crippen LogP) is 0.347. The zero-order valence-corrected chi connectivity index (χ0v) is 19.2. The molecule has 1 saturated heterocycles. The van der Waals surface area contributed by atoms with Crippen LogP contribution in [-0.2, 0) is 30.0 Å². The molecule has 2 aliphatic heterocycles.